The van der Waals surface area contributed by atoms with E-state index in [1.54, 1.807) is 18.2 Å². The number of benzene rings is 1. The molecule has 5 heteroatoms. The molecule has 0 radical (unpaired) electrons. The van der Waals surface area contributed by atoms with E-state index in [1.165, 1.54) is 0 Å². The molecule has 0 unspecified atom stereocenters. The molecular formula is C16H21NO3S. The van der Waals surface area contributed by atoms with Crippen molar-refractivity contribution in [3.05, 3.63) is 29.8 Å². The van der Waals surface area contributed by atoms with E-state index in [2.05, 4.69) is 16.6 Å². The molecule has 0 saturated heterocycles. The molecule has 2 N–H and O–H groups in total. The molecule has 0 aromatic heterocycles. The summed E-state index contributed by atoms with van der Waals surface area (Å²) in [6, 6.07) is 7.11. The minimum Gasteiger partial charge on any atom is -0.395 e. The molecule has 0 amide bonds. The van der Waals surface area contributed by atoms with Gasteiger partial charge in [0.2, 0.25) is 10.0 Å². The van der Waals surface area contributed by atoms with Crippen LogP contribution in [0.2, 0.25) is 0 Å². The van der Waals surface area contributed by atoms with Gasteiger partial charge in [-0.25, -0.2) is 8.42 Å². The summed E-state index contributed by atoms with van der Waals surface area (Å²) in [4.78, 5) is 0. The third-order valence-electron chi connectivity index (χ3n) is 3.63. The minimum atomic E-state index is -3.36. The van der Waals surface area contributed by atoms with Gasteiger partial charge >= 0.3 is 0 Å². The Morgan fingerprint density at radius 1 is 1.19 bits per heavy atom. The number of sulfonamides is 1. The summed E-state index contributed by atoms with van der Waals surface area (Å²) in [7, 11) is -3.36. The molecule has 0 aliphatic heterocycles. The van der Waals surface area contributed by atoms with Gasteiger partial charge in [-0.05, 0) is 25.0 Å². The summed E-state index contributed by atoms with van der Waals surface area (Å²) in [5.41, 5.74) is 1.17. The lowest BCUT2D eigenvalue weighted by atomic mass is 10.0. The lowest BCUT2D eigenvalue weighted by molar-refractivity contribution is 0.305. The average molecular weight is 307 g/mol. The van der Waals surface area contributed by atoms with E-state index < -0.39 is 10.0 Å². The minimum absolute atomic E-state index is 0.00294. The van der Waals surface area contributed by atoms with Crippen molar-refractivity contribution in [3.8, 4) is 11.8 Å². The second-order valence-corrected chi connectivity index (χ2v) is 7.19. The smallest absolute Gasteiger partial charge is 0.235 e. The molecule has 21 heavy (non-hydrogen) atoms. The van der Waals surface area contributed by atoms with E-state index >= 15 is 0 Å². The van der Waals surface area contributed by atoms with Gasteiger partial charge in [0.05, 0.1) is 17.5 Å². The Morgan fingerprint density at radius 3 is 2.62 bits per heavy atom. The van der Waals surface area contributed by atoms with Crippen LogP contribution in [0.15, 0.2) is 24.3 Å². The zero-order chi connectivity index (χ0) is 15.1. The zero-order valence-electron chi connectivity index (χ0n) is 12.0. The van der Waals surface area contributed by atoms with Crippen molar-refractivity contribution >= 4 is 15.7 Å². The van der Waals surface area contributed by atoms with Gasteiger partial charge in [-0.3, -0.25) is 4.72 Å². The number of rotatable bonds is 4. The third-order valence-corrected chi connectivity index (χ3v) is 5.48. The molecule has 1 fully saturated rings. The Kier molecular flexibility index (Phi) is 5.66. The molecule has 4 nitrogen and oxygen atoms in total. The molecule has 1 aromatic rings. The lowest BCUT2D eigenvalue weighted by Crippen LogP contribution is -2.29. The number of nitrogens with one attached hydrogen (secondary N) is 1. The van der Waals surface area contributed by atoms with Crippen LogP contribution in [-0.2, 0) is 10.0 Å². The highest BCUT2D eigenvalue weighted by Crippen LogP contribution is 2.26. The number of aliphatic hydroxyl groups is 1. The van der Waals surface area contributed by atoms with Crippen LogP contribution in [0.25, 0.3) is 0 Å². The fraction of sp³-hybridized carbons (Fsp3) is 0.500. The van der Waals surface area contributed by atoms with E-state index in [4.69, 9.17) is 5.11 Å². The van der Waals surface area contributed by atoms with Crippen molar-refractivity contribution < 1.29 is 13.5 Å². The maximum atomic E-state index is 12.4. The monoisotopic (exact) mass is 307 g/mol. The molecule has 1 aliphatic rings. The van der Waals surface area contributed by atoms with E-state index in [0.717, 1.165) is 32.1 Å². The molecule has 0 bridgehead atoms. The molecule has 114 valence electrons. The van der Waals surface area contributed by atoms with Crippen molar-refractivity contribution in [2.24, 2.45) is 0 Å². The summed E-state index contributed by atoms with van der Waals surface area (Å²) < 4.78 is 27.6. The first-order valence-electron chi connectivity index (χ1n) is 7.34. The molecular weight excluding hydrogens is 286 g/mol. The molecule has 2 rings (SSSR count). The predicted molar refractivity (Wildman–Crippen MR) is 84.4 cm³/mol. The third kappa shape index (κ3) is 4.48. The van der Waals surface area contributed by atoms with Crippen LogP contribution in [0.5, 0.6) is 0 Å². The number of para-hydroxylation sites is 1. The van der Waals surface area contributed by atoms with E-state index in [0.29, 0.717) is 17.7 Å². The average Bonchev–Trinajstić information content (AvgIpc) is 2.50. The summed E-state index contributed by atoms with van der Waals surface area (Å²) in [5.74, 6) is 5.72. The molecule has 0 atom stereocenters. The SMILES string of the molecule is O=S(=O)(Nc1ccccc1C#CCCO)C1CCCCC1. The first kappa shape index (κ1) is 15.9. The highest BCUT2D eigenvalue weighted by Gasteiger charge is 2.27. The summed E-state index contributed by atoms with van der Waals surface area (Å²) in [6.07, 6.45) is 4.91. The van der Waals surface area contributed by atoms with Crippen molar-refractivity contribution in [2.45, 2.75) is 43.8 Å². The Bertz CT molecular complexity index is 622. The highest BCUT2D eigenvalue weighted by atomic mass is 32.2. The fourth-order valence-electron chi connectivity index (χ4n) is 2.51. The van der Waals surface area contributed by atoms with Gasteiger partial charge in [-0.1, -0.05) is 43.2 Å². The van der Waals surface area contributed by atoms with Crippen LogP contribution in [0.3, 0.4) is 0 Å². The van der Waals surface area contributed by atoms with Crippen molar-refractivity contribution in [2.75, 3.05) is 11.3 Å². The maximum Gasteiger partial charge on any atom is 0.235 e. The quantitative estimate of drug-likeness (QED) is 0.840. The van der Waals surface area contributed by atoms with E-state index in [-0.39, 0.29) is 11.9 Å². The van der Waals surface area contributed by atoms with Crippen LogP contribution in [0.1, 0.15) is 44.1 Å². The van der Waals surface area contributed by atoms with Crippen LogP contribution in [-0.4, -0.2) is 25.4 Å². The van der Waals surface area contributed by atoms with Gasteiger partial charge in [0, 0.05) is 12.0 Å². The highest BCUT2D eigenvalue weighted by molar-refractivity contribution is 7.93. The number of aliphatic hydroxyl groups excluding tert-OH is 1. The molecule has 1 aliphatic carbocycles. The van der Waals surface area contributed by atoms with Crippen molar-refractivity contribution in [3.63, 3.8) is 0 Å². The largest absolute Gasteiger partial charge is 0.395 e. The van der Waals surface area contributed by atoms with Crippen molar-refractivity contribution in [1.82, 2.24) is 0 Å². The second-order valence-electron chi connectivity index (χ2n) is 5.23. The van der Waals surface area contributed by atoms with Gasteiger partial charge in [0.25, 0.3) is 0 Å². The van der Waals surface area contributed by atoms with Gasteiger partial charge < -0.3 is 5.11 Å². The summed E-state index contributed by atoms with van der Waals surface area (Å²) in [5, 5.41) is 8.45. The normalized spacial score (nSPS) is 16.0. The number of anilines is 1. The topological polar surface area (TPSA) is 66.4 Å². The van der Waals surface area contributed by atoms with E-state index in [1.807, 2.05) is 6.07 Å². The molecule has 0 spiro atoms. The van der Waals surface area contributed by atoms with Crippen LogP contribution in [0.4, 0.5) is 5.69 Å². The van der Waals surface area contributed by atoms with Gasteiger partial charge in [0.1, 0.15) is 0 Å². The zero-order valence-corrected chi connectivity index (χ0v) is 12.8. The Morgan fingerprint density at radius 2 is 1.90 bits per heavy atom. The van der Waals surface area contributed by atoms with Gasteiger partial charge in [-0.15, -0.1) is 0 Å². The van der Waals surface area contributed by atoms with Crippen molar-refractivity contribution in [1.29, 1.82) is 0 Å². The summed E-state index contributed by atoms with van der Waals surface area (Å²) in [6.45, 7) is 0.00294. The van der Waals surface area contributed by atoms with Crippen LogP contribution >= 0.6 is 0 Å². The molecule has 1 aromatic carbocycles. The lowest BCUT2D eigenvalue weighted by Gasteiger charge is -2.22. The maximum absolute atomic E-state index is 12.4. The fourth-order valence-corrected chi connectivity index (χ4v) is 4.11. The first-order chi connectivity index (χ1) is 10.1. The number of hydrogen-bond acceptors (Lipinski definition) is 3. The Balaban J connectivity index is 2.17. The number of hydrogen-bond donors (Lipinski definition) is 2. The van der Waals surface area contributed by atoms with Gasteiger partial charge in [-0.2, -0.15) is 0 Å². The first-order valence-corrected chi connectivity index (χ1v) is 8.88. The predicted octanol–water partition coefficient (Wildman–Crippen LogP) is 2.49. The summed E-state index contributed by atoms with van der Waals surface area (Å²) >= 11 is 0. The van der Waals surface area contributed by atoms with Gasteiger partial charge in [0.15, 0.2) is 0 Å². The molecule has 0 heterocycles. The Hall–Kier alpha value is -1.51. The Labute approximate surface area is 126 Å². The standard InChI is InChI=1S/C16H21NO3S/c18-13-7-6-9-14-8-4-5-12-16(14)17-21(19,20)15-10-2-1-3-11-15/h4-5,8,12,15,17-18H,1-3,7,10-11,13H2. The van der Waals surface area contributed by atoms with Crippen LogP contribution < -0.4 is 4.72 Å². The molecule has 1 saturated carbocycles. The van der Waals surface area contributed by atoms with Crippen LogP contribution in [0, 0.1) is 11.8 Å². The van der Waals surface area contributed by atoms with E-state index in [9.17, 15) is 8.42 Å². The second kappa shape index (κ2) is 7.48.